The minimum absolute atomic E-state index is 0.0468. The van der Waals surface area contributed by atoms with Gasteiger partial charge in [-0.25, -0.2) is 5.48 Å². The number of allylic oxidation sites excluding steroid dienone is 1. The number of hydrogen-bond acceptors (Lipinski definition) is 5. The molecule has 0 spiro atoms. The molecule has 29 heavy (non-hydrogen) atoms. The second kappa shape index (κ2) is 10.5. The predicted molar refractivity (Wildman–Crippen MR) is 111 cm³/mol. The van der Waals surface area contributed by atoms with Crippen molar-refractivity contribution in [1.29, 1.82) is 0 Å². The average molecular weight is 392 g/mol. The minimum atomic E-state index is -0.599. The van der Waals surface area contributed by atoms with Gasteiger partial charge < -0.3 is 4.74 Å². The van der Waals surface area contributed by atoms with Crippen molar-refractivity contribution in [2.75, 3.05) is 26.3 Å². The third kappa shape index (κ3) is 6.22. The molecule has 2 aromatic carbocycles. The van der Waals surface area contributed by atoms with Gasteiger partial charge in [-0.3, -0.25) is 19.7 Å². The summed E-state index contributed by atoms with van der Waals surface area (Å²) >= 11 is 0. The Morgan fingerprint density at radius 1 is 1.00 bits per heavy atom. The molecule has 0 unspecified atom stereocenters. The van der Waals surface area contributed by atoms with Crippen LogP contribution in [0.25, 0.3) is 12.2 Å². The number of hydroxylamine groups is 1. The number of ether oxygens (including phenoxy) is 1. The third-order valence-corrected chi connectivity index (χ3v) is 4.66. The molecule has 1 amide bonds. The van der Waals surface area contributed by atoms with Crippen LogP contribution in [0, 0.1) is 0 Å². The summed E-state index contributed by atoms with van der Waals surface area (Å²) in [5.74, 6) is -0.646. The number of carbonyl (C=O) groups is 2. The third-order valence-electron chi connectivity index (χ3n) is 4.66. The van der Waals surface area contributed by atoms with E-state index in [1.807, 2.05) is 48.5 Å². The van der Waals surface area contributed by atoms with Gasteiger partial charge in [-0.15, -0.1) is 0 Å². The van der Waals surface area contributed by atoms with Crippen LogP contribution in [0.5, 0.6) is 0 Å². The molecule has 0 saturated carbocycles. The standard InChI is InChI=1S/C23H24N2O4/c26-22(10-8-18-4-3-5-19(16-18)9-11-23(27)24-28)21-7-2-1-6-20(21)17-25-12-14-29-15-13-25/h1-11,16,28H,12-15,17H2,(H,24,27). The van der Waals surface area contributed by atoms with Gasteiger partial charge in [0.15, 0.2) is 5.78 Å². The number of hydrogen-bond donors (Lipinski definition) is 2. The van der Waals surface area contributed by atoms with Crippen LogP contribution in [-0.2, 0) is 16.1 Å². The highest BCUT2D eigenvalue weighted by Gasteiger charge is 2.14. The van der Waals surface area contributed by atoms with Gasteiger partial charge in [0, 0.05) is 31.3 Å². The van der Waals surface area contributed by atoms with E-state index in [4.69, 9.17) is 9.94 Å². The quantitative estimate of drug-likeness (QED) is 0.328. The van der Waals surface area contributed by atoms with Crippen LogP contribution >= 0.6 is 0 Å². The molecule has 1 saturated heterocycles. The van der Waals surface area contributed by atoms with Crippen molar-refractivity contribution in [2.24, 2.45) is 0 Å². The summed E-state index contributed by atoms with van der Waals surface area (Å²) in [5.41, 5.74) is 4.89. The van der Waals surface area contributed by atoms with Crippen LogP contribution in [0.15, 0.2) is 60.7 Å². The molecule has 0 aromatic heterocycles. The van der Waals surface area contributed by atoms with Crippen molar-refractivity contribution in [3.8, 4) is 0 Å². The zero-order valence-corrected chi connectivity index (χ0v) is 16.1. The smallest absolute Gasteiger partial charge is 0.267 e. The molecule has 0 radical (unpaired) electrons. The summed E-state index contributed by atoms with van der Waals surface area (Å²) in [6, 6.07) is 15.1. The van der Waals surface area contributed by atoms with E-state index < -0.39 is 5.91 Å². The molecule has 2 N–H and O–H groups in total. The van der Waals surface area contributed by atoms with E-state index >= 15 is 0 Å². The molecule has 1 aliphatic rings. The molecule has 0 atom stereocenters. The van der Waals surface area contributed by atoms with E-state index in [0.717, 1.165) is 49.5 Å². The lowest BCUT2D eigenvalue weighted by Gasteiger charge is -2.27. The molecule has 1 aliphatic heterocycles. The number of morpholine rings is 1. The number of rotatable bonds is 7. The fourth-order valence-corrected chi connectivity index (χ4v) is 3.14. The van der Waals surface area contributed by atoms with Gasteiger partial charge in [0.1, 0.15) is 0 Å². The summed E-state index contributed by atoms with van der Waals surface area (Å²) in [4.78, 5) is 26.2. The predicted octanol–water partition coefficient (Wildman–Crippen LogP) is 2.93. The van der Waals surface area contributed by atoms with Gasteiger partial charge in [0.2, 0.25) is 0 Å². The fourth-order valence-electron chi connectivity index (χ4n) is 3.14. The molecule has 1 heterocycles. The van der Waals surface area contributed by atoms with E-state index in [1.54, 1.807) is 23.7 Å². The van der Waals surface area contributed by atoms with E-state index in [9.17, 15) is 9.59 Å². The normalized spacial score (nSPS) is 15.1. The molecule has 2 aromatic rings. The first-order valence-corrected chi connectivity index (χ1v) is 9.48. The van der Waals surface area contributed by atoms with Crippen molar-refractivity contribution >= 4 is 23.8 Å². The molecule has 6 heteroatoms. The van der Waals surface area contributed by atoms with E-state index in [2.05, 4.69) is 4.90 Å². The lowest BCUT2D eigenvalue weighted by atomic mass is 10.0. The van der Waals surface area contributed by atoms with Crippen molar-refractivity contribution in [3.05, 3.63) is 82.9 Å². The second-order valence-corrected chi connectivity index (χ2v) is 6.72. The molecule has 1 fully saturated rings. The zero-order valence-electron chi connectivity index (χ0n) is 16.1. The summed E-state index contributed by atoms with van der Waals surface area (Å²) in [7, 11) is 0. The van der Waals surface area contributed by atoms with Crippen LogP contribution < -0.4 is 5.48 Å². The molecule has 0 bridgehead atoms. The lowest BCUT2D eigenvalue weighted by Crippen LogP contribution is -2.36. The largest absolute Gasteiger partial charge is 0.379 e. The molecule has 3 rings (SSSR count). The summed E-state index contributed by atoms with van der Waals surface area (Å²) < 4.78 is 5.39. The lowest BCUT2D eigenvalue weighted by molar-refractivity contribution is -0.124. The SMILES string of the molecule is O=C(C=Cc1cccc(C=CC(=O)c2ccccc2CN2CCOCC2)c1)NO. The first-order chi connectivity index (χ1) is 14.2. The van der Waals surface area contributed by atoms with Gasteiger partial charge in [-0.1, -0.05) is 48.5 Å². The number of benzene rings is 2. The number of amides is 1. The first kappa shape index (κ1) is 20.7. The fraction of sp³-hybridized carbons (Fsp3) is 0.217. The Bertz CT molecular complexity index is 915. The van der Waals surface area contributed by atoms with Gasteiger partial charge in [0.25, 0.3) is 5.91 Å². The van der Waals surface area contributed by atoms with Crippen molar-refractivity contribution in [2.45, 2.75) is 6.54 Å². The maximum atomic E-state index is 12.8. The highest BCUT2D eigenvalue weighted by Crippen LogP contribution is 2.15. The number of nitrogens with one attached hydrogen (secondary N) is 1. The Hall–Kier alpha value is -3.06. The van der Waals surface area contributed by atoms with Crippen LogP contribution in [0.1, 0.15) is 27.0 Å². The molecule has 6 nitrogen and oxygen atoms in total. The maximum absolute atomic E-state index is 12.8. The second-order valence-electron chi connectivity index (χ2n) is 6.72. The van der Waals surface area contributed by atoms with Crippen LogP contribution in [0.4, 0.5) is 0 Å². The van der Waals surface area contributed by atoms with Crippen LogP contribution in [-0.4, -0.2) is 48.1 Å². The molecular formula is C23H24N2O4. The molecule has 150 valence electrons. The van der Waals surface area contributed by atoms with Gasteiger partial charge in [-0.2, -0.15) is 0 Å². The highest BCUT2D eigenvalue weighted by molar-refractivity contribution is 6.07. The Kier molecular flexibility index (Phi) is 7.47. The monoisotopic (exact) mass is 392 g/mol. The Morgan fingerprint density at radius 3 is 2.41 bits per heavy atom. The first-order valence-electron chi connectivity index (χ1n) is 9.48. The van der Waals surface area contributed by atoms with Crippen molar-refractivity contribution < 1.29 is 19.5 Å². The van der Waals surface area contributed by atoms with E-state index in [0.29, 0.717) is 5.56 Å². The Morgan fingerprint density at radius 2 is 1.69 bits per heavy atom. The van der Waals surface area contributed by atoms with E-state index in [-0.39, 0.29) is 5.78 Å². The average Bonchev–Trinajstić information content (AvgIpc) is 2.77. The molecule has 0 aliphatic carbocycles. The number of ketones is 1. The van der Waals surface area contributed by atoms with Gasteiger partial charge in [-0.05, 0) is 34.9 Å². The summed E-state index contributed by atoms with van der Waals surface area (Å²) in [6.45, 7) is 3.91. The van der Waals surface area contributed by atoms with Crippen LogP contribution in [0.2, 0.25) is 0 Å². The van der Waals surface area contributed by atoms with Crippen molar-refractivity contribution in [3.63, 3.8) is 0 Å². The summed E-state index contributed by atoms with van der Waals surface area (Å²) in [6.07, 6.45) is 6.15. The van der Waals surface area contributed by atoms with Crippen molar-refractivity contribution in [1.82, 2.24) is 10.4 Å². The summed E-state index contributed by atoms with van der Waals surface area (Å²) in [5, 5.41) is 8.54. The van der Waals surface area contributed by atoms with Gasteiger partial charge in [0.05, 0.1) is 13.2 Å². The van der Waals surface area contributed by atoms with Gasteiger partial charge >= 0.3 is 0 Å². The zero-order chi connectivity index (χ0) is 20.5. The highest BCUT2D eigenvalue weighted by atomic mass is 16.5. The van der Waals surface area contributed by atoms with E-state index in [1.165, 1.54) is 6.08 Å². The molecular weight excluding hydrogens is 368 g/mol. The Balaban J connectivity index is 1.71. The number of nitrogens with zero attached hydrogens (tertiary/aromatic N) is 1. The maximum Gasteiger partial charge on any atom is 0.267 e. The Labute approximate surface area is 170 Å². The minimum Gasteiger partial charge on any atom is -0.379 e. The topological polar surface area (TPSA) is 78.9 Å². The number of carbonyl (C=O) groups excluding carboxylic acids is 2. The van der Waals surface area contributed by atoms with Crippen LogP contribution in [0.3, 0.4) is 0 Å².